The zero-order chi connectivity index (χ0) is 17.6. The summed E-state index contributed by atoms with van der Waals surface area (Å²) in [5.74, 6) is -1.74. The second-order valence-corrected chi connectivity index (χ2v) is 7.90. The van der Waals surface area contributed by atoms with Gasteiger partial charge >= 0.3 is 6.18 Å². The van der Waals surface area contributed by atoms with Crippen molar-refractivity contribution in [3.63, 3.8) is 0 Å². The van der Waals surface area contributed by atoms with Crippen molar-refractivity contribution in [1.29, 1.82) is 0 Å². The largest absolute Gasteiger partial charge is 0.438 e. The van der Waals surface area contributed by atoms with Gasteiger partial charge in [0.15, 0.2) is 0 Å². The van der Waals surface area contributed by atoms with Gasteiger partial charge in [-0.1, -0.05) is 0 Å². The molecule has 0 aromatic heterocycles. The van der Waals surface area contributed by atoms with Crippen molar-refractivity contribution < 1.29 is 31.5 Å². The molecule has 1 saturated heterocycles. The second-order valence-electron chi connectivity index (χ2n) is 5.91. The molecule has 0 radical (unpaired) electrons. The third kappa shape index (κ3) is 3.36. The second kappa shape index (κ2) is 5.71. The van der Waals surface area contributed by atoms with Crippen LogP contribution in [0.4, 0.5) is 13.2 Å². The summed E-state index contributed by atoms with van der Waals surface area (Å²) < 4.78 is 63.3. The molecular weight excluding hydrogens is 339 g/mol. The van der Waals surface area contributed by atoms with Gasteiger partial charge < -0.3 is 5.11 Å². The van der Waals surface area contributed by atoms with Crippen molar-refractivity contribution in [3.8, 4) is 0 Å². The normalized spacial score (nSPS) is 28.1. The highest BCUT2D eigenvalue weighted by molar-refractivity contribution is 7.88. The van der Waals surface area contributed by atoms with Crippen LogP contribution >= 0.6 is 0 Å². The molecule has 0 aliphatic carbocycles. The van der Waals surface area contributed by atoms with Crippen LogP contribution in [-0.4, -0.2) is 65.7 Å². The SMILES string of the molecule is CC1=NN(C(=O)C2CCN(S(C)(=O)=O)CC2)C(O)(C(F)(F)F)C1. The van der Waals surface area contributed by atoms with Crippen LogP contribution in [0.2, 0.25) is 0 Å². The molecule has 1 unspecified atom stereocenters. The predicted octanol–water partition coefficient (Wildman–Crippen LogP) is 0.517. The third-order valence-corrected chi connectivity index (χ3v) is 5.36. The van der Waals surface area contributed by atoms with E-state index in [1.807, 2.05) is 0 Å². The highest BCUT2D eigenvalue weighted by atomic mass is 32.2. The summed E-state index contributed by atoms with van der Waals surface area (Å²) in [6.07, 6.45) is -4.61. The predicted molar refractivity (Wildman–Crippen MR) is 74.7 cm³/mol. The molecule has 132 valence electrons. The number of hydrogen-bond donors (Lipinski definition) is 1. The lowest BCUT2D eigenvalue weighted by molar-refractivity contribution is -0.303. The van der Waals surface area contributed by atoms with Crippen molar-refractivity contribution >= 4 is 21.6 Å². The van der Waals surface area contributed by atoms with Crippen molar-refractivity contribution in [2.24, 2.45) is 11.0 Å². The lowest BCUT2D eigenvalue weighted by atomic mass is 9.95. The Hall–Kier alpha value is -1.20. The third-order valence-electron chi connectivity index (χ3n) is 4.06. The number of sulfonamides is 1. The molecule has 11 heteroatoms. The van der Waals surface area contributed by atoms with E-state index in [1.165, 1.54) is 11.2 Å². The Bertz CT molecular complexity index is 626. The molecule has 0 saturated carbocycles. The van der Waals surface area contributed by atoms with Crippen LogP contribution in [0, 0.1) is 5.92 Å². The number of carbonyl (C=O) groups excluding carboxylic acids is 1. The molecule has 2 aliphatic heterocycles. The molecule has 0 aromatic carbocycles. The molecule has 0 bridgehead atoms. The number of rotatable bonds is 2. The number of nitrogens with zero attached hydrogens (tertiary/aromatic N) is 3. The van der Waals surface area contributed by atoms with E-state index in [9.17, 15) is 31.5 Å². The summed E-state index contributed by atoms with van der Waals surface area (Å²) in [6.45, 7) is 1.41. The molecule has 1 N–H and O–H groups in total. The van der Waals surface area contributed by atoms with Crippen LogP contribution in [-0.2, 0) is 14.8 Å². The summed E-state index contributed by atoms with van der Waals surface area (Å²) in [6, 6.07) is 0. The minimum atomic E-state index is -5.03. The number of amides is 1. The maximum atomic E-state index is 13.1. The highest BCUT2D eigenvalue weighted by Crippen LogP contribution is 2.41. The highest BCUT2D eigenvalue weighted by Gasteiger charge is 2.63. The first-order valence-electron chi connectivity index (χ1n) is 6.98. The van der Waals surface area contributed by atoms with Gasteiger partial charge in [-0.05, 0) is 19.8 Å². The number of aliphatic hydroxyl groups is 1. The van der Waals surface area contributed by atoms with Gasteiger partial charge in [0.1, 0.15) is 0 Å². The van der Waals surface area contributed by atoms with E-state index in [-0.39, 0.29) is 36.7 Å². The average molecular weight is 357 g/mol. The van der Waals surface area contributed by atoms with Gasteiger partial charge in [-0.25, -0.2) is 12.7 Å². The fourth-order valence-electron chi connectivity index (χ4n) is 2.78. The van der Waals surface area contributed by atoms with Crippen molar-refractivity contribution in [3.05, 3.63) is 0 Å². The molecule has 7 nitrogen and oxygen atoms in total. The first-order valence-corrected chi connectivity index (χ1v) is 8.83. The molecule has 23 heavy (non-hydrogen) atoms. The van der Waals surface area contributed by atoms with E-state index in [1.54, 1.807) is 0 Å². The fourth-order valence-corrected chi connectivity index (χ4v) is 3.65. The summed E-state index contributed by atoms with van der Waals surface area (Å²) in [4.78, 5) is 12.4. The topological polar surface area (TPSA) is 90.3 Å². The Morgan fingerprint density at radius 1 is 1.35 bits per heavy atom. The van der Waals surface area contributed by atoms with E-state index >= 15 is 0 Å². The molecule has 2 heterocycles. The van der Waals surface area contributed by atoms with E-state index < -0.39 is 40.2 Å². The minimum Gasteiger partial charge on any atom is -0.362 e. The number of hydrazone groups is 1. The Balaban J connectivity index is 2.14. The van der Waals surface area contributed by atoms with Gasteiger partial charge in [-0.3, -0.25) is 4.79 Å². The summed E-state index contributed by atoms with van der Waals surface area (Å²) >= 11 is 0. The average Bonchev–Trinajstić information content (AvgIpc) is 2.73. The van der Waals surface area contributed by atoms with Crippen LogP contribution in [0.1, 0.15) is 26.2 Å². The van der Waals surface area contributed by atoms with Gasteiger partial charge in [0.05, 0.1) is 6.26 Å². The smallest absolute Gasteiger partial charge is 0.362 e. The Kier molecular flexibility index (Phi) is 4.50. The van der Waals surface area contributed by atoms with Gasteiger partial charge in [-0.15, -0.1) is 0 Å². The van der Waals surface area contributed by atoms with Gasteiger partial charge in [0.2, 0.25) is 15.9 Å². The zero-order valence-electron chi connectivity index (χ0n) is 12.7. The number of piperidine rings is 1. The summed E-state index contributed by atoms with van der Waals surface area (Å²) in [5.41, 5.74) is -3.32. The Morgan fingerprint density at radius 3 is 2.30 bits per heavy atom. The van der Waals surface area contributed by atoms with Gasteiger partial charge in [0, 0.05) is 31.1 Å². The maximum absolute atomic E-state index is 13.1. The molecule has 1 fully saturated rings. The number of alkyl halides is 3. The summed E-state index contributed by atoms with van der Waals surface area (Å²) in [7, 11) is -3.40. The lowest BCUT2D eigenvalue weighted by Gasteiger charge is -2.36. The molecular formula is C12H18F3N3O4S. The first kappa shape index (κ1) is 18.1. The van der Waals surface area contributed by atoms with Crippen molar-refractivity contribution in [2.75, 3.05) is 19.3 Å². The van der Waals surface area contributed by atoms with Crippen LogP contribution < -0.4 is 0 Å². The lowest BCUT2D eigenvalue weighted by Crippen LogP contribution is -2.58. The Labute approximate surface area is 131 Å². The molecule has 0 spiro atoms. The molecule has 0 aromatic rings. The van der Waals surface area contributed by atoms with Gasteiger partial charge in [0.25, 0.3) is 5.72 Å². The standard InChI is InChI=1S/C12H18F3N3O4S/c1-8-7-11(20,12(13,14)15)18(16-8)10(19)9-3-5-17(6-4-9)23(2,21)22/h9,20H,3-7H2,1-2H3. The van der Waals surface area contributed by atoms with Crippen molar-refractivity contribution in [2.45, 2.75) is 38.1 Å². The number of halogens is 3. The first-order chi connectivity index (χ1) is 10.4. The Morgan fingerprint density at radius 2 is 1.87 bits per heavy atom. The molecule has 2 aliphatic rings. The minimum absolute atomic E-state index is 0.00625. The van der Waals surface area contributed by atoms with Crippen molar-refractivity contribution in [1.82, 2.24) is 9.31 Å². The molecule has 2 rings (SSSR count). The number of hydrogen-bond acceptors (Lipinski definition) is 5. The van der Waals surface area contributed by atoms with Crippen LogP contribution in [0.5, 0.6) is 0 Å². The summed E-state index contributed by atoms with van der Waals surface area (Å²) in [5, 5.41) is 13.6. The monoisotopic (exact) mass is 357 g/mol. The van der Waals surface area contributed by atoms with E-state index in [0.717, 1.165) is 6.26 Å². The molecule has 1 atom stereocenters. The van der Waals surface area contributed by atoms with E-state index in [0.29, 0.717) is 0 Å². The van der Waals surface area contributed by atoms with E-state index in [4.69, 9.17) is 0 Å². The fraction of sp³-hybridized carbons (Fsp3) is 0.833. The number of carbonyl (C=O) groups is 1. The van der Waals surface area contributed by atoms with Gasteiger partial charge in [-0.2, -0.15) is 23.3 Å². The quantitative estimate of drug-likeness (QED) is 0.780. The zero-order valence-corrected chi connectivity index (χ0v) is 13.5. The van der Waals surface area contributed by atoms with Crippen LogP contribution in [0.3, 0.4) is 0 Å². The van der Waals surface area contributed by atoms with Crippen LogP contribution in [0.15, 0.2) is 5.10 Å². The van der Waals surface area contributed by atoms with E-state index in [2.05, 4.69) is 5.10 Å². The molecule has 1 amide bonds. The maximum Gasteiger partial charge on any atom is 0.438 e. The van der Waals surface area contributed by atoms with Crippen LogP contribution in [0.25, 0.3) is 0 Å².